The van der Waals surface area contributed by atoms with E-state index < -0.39 is 16.1 Å². The van der Waals surface area contributed by atoms with Gasteiger partial charge in [0.1, 0.15) is 6.54 Å². The van der Waals surface area contributed by atoms with Crippen LogP contribution >= 0.6 is 0 Å². The van der Waals surface area contributed by atoms with E-state index in [0.717, 1.165) is 24.8 Å². The summed E-state index contributed by atoms with van der Waals surface area (Å²) in [6.45, 7) is 3.37. The maximum absolute atomic E-state index is 13.3. The third-order valence-electron chi connectivity index (χ3n) is 6.92. The Bertz CT molecular complexity index is 1200. The number of aryl methyl sites for hydroxylation is 2. The molecule has 174 valence electrons. The molecule has 3 aliphatic rings. The molecule has 9 heteroatoms. The molecule has 33 heavy (non-hydrogen) atoms. The molecule has 2 amide bonds. The van der Waals surface area contributed by atoms with E-state index in [1.165, 1.54) is 14.8 Å². The minimum absolute atomic E-state index is 0.0210. The van der Waals surface area contributed by atoms with Crippen LogP contribution in [-0.2, 0) is 32.5 Å². The standard InChI is InChI=1S/C24H28N4O4S/c1-17(24(30)28-16-23(29)25-21-7-2-3-8-22(21)28)26-11-13-27(14-12-26)33(31,32)20-10-9-18-5-4-6-19(18)15-20/h2-3,7-10,15,17H,4-6,11-14,16H2,1H3,(H,25,29)/t17-/m1/s1. The van der Waals surface area contributed by atoms with Crippen molar-refractivity contribution < 1.29 is 18.0 Å². The molecule has 1 saturated heterocycles. The van der Waals surface area contributed by atoms with Crippen LogP contribution in [0.3, 0.4) is 0 Å². The topological polar surface area (TPSA) is 90.0 Å². The van der Waals surface area contributed by atoms with Crippen molar-refractivity contribution in [3.8, 4) is 0 Å². The van der Waals surface area contributed by atoms with Crippen LogP contribution in [0.2, 0.25) is 0 Å². The van der Waals surface area contributed by atoms with E-state index in [-0.39, 0.29) is 18.4 Å². The second kappa shape index (κ2) is 8.55. The summed E-state index contributed by atoms with van der Waals surface area (Å²) in [4.78, 5) is 29.3. The fourth-order valence-electron chi connectivity index (χ4n) is 5.00. The first kappa shape index (κ1) is 22.1. The van der Waals surface area contributed by atoms with Crippen molar-refractivity contribution in [3.05, 3.63) is 53.6 Å². The average Bonchev–Trinajstić information content (AvgIpc) is 3.30. The Morgan fingerprint density at radius 1 is 1.00 bits per heavy atom. The lowest BCUT2D eigenvalue weighted by Crippen LogP contribution is -2.56. The lowest BCUT2D eigenvalue weighted by Gasteiger charge is -2.39. The Morgan fingerprint density at radius 3 is 2.52 bits per heavy atom. The molecule has 0 unspecified atom stereocenters. The minimum atomic E-state index is -3.56. The smallest absolute Gasteiger partial charge is 0.244 e. The molecule has 2 aliphatic heterocycles. The molecule has 1 N–H and O–H groups in total. The molecular weight excluding hydrogens is 440 g/mol. The fraction of sp³-hybridized carbons (Fsp3) is 0.417. The predicted octanol–water partition coefficient (Wildman–Crippen LogP) is 1.86. The summed E-state index contributed by atoms with van der Waals surface area (Å²) in [6, 6.07) is 12.3. The number of carbonyl (C=O) groups is 2. The zero-order valence-corrected chi connectivity index (χ0v) is 19.5. The SMILES string of the molecule is C[C@H](C(=O)N1CC(=O)Nc2ccccc21)N1CCN(S(=O)(=O)c2ccc3c(c2)CCC3)CC1. The van der Waals surface area contributed by atoms with Crippen molar-refractivity contribution in [1.82, 2.24) is 9.21 Å². The van der Waals surface area contributed by atoms with Crippen LogP contribution in [-0.4, -0.2) is 68.2 Å². The molecule has 2 aromatic carbocycles. The Hall–Kier alpha value is -2.75. The molecular formula is C24H28N4O4S. The Kier molecular flexibility index (Phi) is 5.72. The maximum atomic E-state index is 13.3. The number of amides is 2. The van der Waals surface area contributed by atoms with Crippen molar-refractivity contribution in [1.29, 1.82) is 0 Å². The van der Waals surface area contributed by atoms with E-state index in [1.807, 2.05) is 42.2 Å². The molecule has 8 nitrogen and oxygen atoms in total. The summed E-state index contributed by atoms with van der Waals surface area (Å²) in [5.74, 6) is -0.383. The molecule has 0 aromatic heterocycles. The van der Waals surface area contributed by atoms with Gasteiger partial charge in [0, 0.05) is 26.2 Å². The number of rotatable bonds is 4. The third kappa shape index (κ3) is 4.05. The predicted molar refractivity (Wildman–Crippen MR) is 126 cm³/mol. The molecule has 0 saturated carbocycles. The average molecular weight is 469 g/mol. The van der Waals surface area contributed by atoms with E-state index in [9.17, 15) is 18.0 Å². The van der Waals surface area contributed by atoms with Gasteiger partial charge >= 0.3 is 0 Å². The van der Waals surface area contributed by atoms with Gasteiger partial charge < -0.3 is 5.32 Å². The quantitative estimate of drug-likeness (QED) is 0.740. The maximum Gasteiger partial charge on any atom is 0.244 e. The molecule has 1 fully saturated rings. The van der Waals surface area contributed by atoms with Crippen molar-refractivity contribution in [2.24, 2.45) is 0 Å². The van der Waals surface area contributed by atoms with Gasteiger partial charge in [-0.1, -0.05) is 18.2 Å². The Labute approximate surface area is 194 Å². The van der Waals surface area contributed by atoms with Crippen LogP contribution in [0.25, 0.3) is 0 Å². The van der Waals surface area contributed by atoms with Crippen LogP contribution in [0, 0.1) is 0 Å². The van der Waals surface area contributed by atoms with Crippen LogP contribution < -0.4 is 10.2 Å². The number of nitrogens with one attached hydrogen (secondary N) is 1. The Morgan fingerprint density at radius 2 is 1.73 bits per heavy atom. The molecule has 2 heterocycles. The lowest BCUT2D eigenvalue weighted by molar-refractivity contribution is -0.125. The first-order valence-corrected chi connectivity index (χ1v) is 12.8. The van der Waals surface area contributed by atoms with Gasteiger partial charge in [-0.05, 0) is 61.6 Å². The normalized spacial score (nSPS) is 20.2. The molecule has 5 rings (SSSR count). The van der Waals surface area contributed by atoms with Gasteiger partial charge in [0.15, 0.2) is 0 Å². The first-order valence-electron chi connectivity index (χ1n) is 11.4. The summed E-state index contributed by atoms with van der Waals surface area (Å²) < 4.78 is 27.9. The number of carbonyl (C=O) groups excluding carboxylic acids is 2. The van der Waals surface area contributed by atoms with Gasteiger partial charge in [-0.15, -0.1) is 0 Å². The van der Waals surface area contributed by atoms with Crippen molar-refractivity contribution in [2.45, 2.75) is 37.1 Å². The number of sulfonamides is 1. The molecule has 2 aromatic rings. The number of piperazine rings is 1. The number of hydrogen-bond donors (Lipinski definition) is 1. The molecule has 1 aliphatic carbocycles. The van der Waals surface area contributed by atoms with E-state index in [2.05, 4.69) is 5.32 Å². The number of fused-ring (bicyclic) bond motifs is 2. The van der Waals surface area contributed by atoms with E-state index >= 15 is 0 Å². The number of para-hydroxylation sites is 2. The van der Waals surface area contributed by atoms with E-state index in [4.69, 9.17) is 0 Å². The second-order valence-corrected chi connectivity index (χ2v) is 10.8. The van der Waals surface area contributed by atoms with Crippen LogP contribution in [0.5, 0.6) is 0 Å². The summed E-state index contributed by atoms with van der Waals surface area (Å²) in [5, 5.41) is 2.80. The van der Waals surface area contributed by atoms with E-state index in [0.29, 0.717) is 42.4 Å². The largest absolute Gasteiger partial charge is 0.323 e. The molecule has 1 atom stereocenters. The number of nitrogens with zero attached hydrogens (tertiary/aromatic N) is 3. The van der Waals surface area contributed by atoms with Crippen LogP contribution in [0.4, 0.5) is 11.4 Å². The summed E-state index contributed by atoms with van der Waals surface area (Å²) in [6.07, 6.45) is 3.03. The van der Waals surface area contributed by atoms with Gasteiger partial charge in [-0.3, -0.25) is 19.4 Å². The van der Waals surface area contributed by atoms with Crippen LogP contribution in [0.1, 0.15) is 24.5 Å². The Balaban J connectivity index is 1.26. The molecule has 0 bridgehead atoms. The van der Waals surface area contributed by atoms with Gasteiger partial charge in [0.05, 0.1) is 22.3 Å². The minimum Gasteiger partial charge on any atom is -0.323 e. The van der Waals surface area contributed by atoms with Crippen LogP contribution in [0.15, 0.2) is 47.4 Å². The molecule has 0 radical (unpaired) electrons. The first-order chi connectivity index (χ1) is 15.8. The van der Waals surface area contributed by atoms with Gasteiger partial charge in [-0.2, -0.15) is 4.31 Å². The highest BCUT2D eigenvalue weighted by Gasteiger charge is 2.36. The zero-order chi connectivity index (χ0) is 23.2. The number of hydrogen-bond acceptors (Lipinski definition) is 5. The number of benzene rings is 2. The summed E-state index contributed by atoms with van der Waals surface area (Å²) in [7, 11) is -3.56. The van der Waals surface area contributed by atoms with Crippen molar-refractivity contribution >= 4 is 33.2 Å². The van der Waals surface area contributed by atoms with Crippen molar-refractivity contribution in [3.63, 3.8) is 0 Å². The van der Waals surface area contributed by atoms with E-state index in [1.54, 1.807) is 12.1 Å². The highest BCUT2D eigenvalue weighted by atomic mass is 32.2. The zero-order valence-electron chi connectivity index (χ0n) is 18.7. The van der Waals surface area contributed by atoms with Gasteiger partial charge in [0.2, 0.25) is 21.8 Å². The highest BCUT2D eigenvalue weighted by molar-refractivity contribution is 7.89. The number of anilines is 2. The summed E-state index contributed by atoms with van der Waals surface area (Å²) in [5.41, 5.74) is 3.70. The fourth-order valence-corrected chi connectivity index (χ4v) is 6.47. The third-order valence-corrected chi connectivity index (χ3v) is 8.82. The second-order valence-electron chi connectivity index (χ2n) is 8.89. The van der Waals surface area contributed by atoms with Gasteiger partial charge in [0.25, 0.3) is 0 Å². The lowest BCUT2D eigenvalue weighted by atomic mass is 10.1. The highest BCUT2D eigenvalue weighted by Crippen LogP contribution is 2.30. The van der Waals surface area contributed by atoms with Crippen molar-refractivity contribution in [2.75, 3.05) is 42.9 Å². The monoisotopic (exact) mass is 468 g/mol. The van der Waals surface area contributed by atoms with Gasteiger partial charge in [-0.25, -0.2) is 8.42 Å². The summed E-state index contributed by atoms with van der Waals surface area (Å²) >= 11 is 0. The molecule has 0 spiro atoms.